The van der Waals surface area contributed by atoms with Crippen molar-refractivity contribution < 1.29 is 24.2 Å². The van der Waals surface area contributed by atoms with Crippen molar-refractivity contribution in [3.63, 3.8) is 0 Å². The number of esters is 1. The zero-order valence-corrected chi connectivity index (χ0v) is 10.9. The van der Waals surface area contributed by atoms with Gasteiger partial charge in [-0.3, -0.25) is 4.79 Å². The monoisotopic (exact) mass is 260 g/mol. The second-order valence-electron chi connectivity index (χ2n) is 3.72. The van der Waals surface area contributed by atoms with Gasteiger partial charge in [-0.1, -0.05) is 13.3 Å². The first-order valence-electron chi connectivity index (χ1n) is 5.81. The van der Waals surface area contributed by atoms with Crippen LogP contribution >= 0.6 is 0 Å². The summed E-state index contributed by atoms with van der Waals surface area (Å²) in [6.07, 6.45) is 0.983. The molecular weight excluding hydrogens is 240 g/mol. The standard InChI is InChI=1S/C11H20N2O5/c1-4-6-8(10(15)16)12-11(17)13(5-2)7-9(14)18-3/h8H,4-7H2,1-3H3,(H,12,17)(H,15,16)/t8-/m1/s1. The fourth-order valence-corrected chi connectivity index (χ4v) is 1.33. The van der Waals surface area contributed by atoms with Gasteiger partial charge in [0, 0.05) is 6.54 Å². The van der Waals surface area contributed by atoms with Crippen LogP contribution < -0.4 is 5.32 Å². The summed E-state index contributed by atoms with van der Waals surface area (Å²) in [5.74, 6) is -1.63. The van der Waals surface area contributed by atoms with E-state index in [1.165, 1.54) is 12.0 Å². The minimum Gasteiger partial charge on any atom is -0.480 e. The summed E-state index contributed by atoms with van der Waals surface area (Å²) in [5, 5.41) is 11.3. The van der Waals surface area contributed by atoms with Crippen molar-refractivity contribution in [2.24, 2.45) is 0 Å². The molecule has 0 aliphatic rings. The summed E-state index contributed by atoms with van der Waals surface area (Å²) in [6, 6.07) is -1.52. The number of aliphatic carboxylic acids is 1. The third kappa shape index (κ3) is 5.51. The first kappa shape index (κ1) is 16.2. The largest absolute Gasteiger partial charge is 0.480 e. The van der Waals surface area contributed by atoms with Crippen LogP contribution in [0, 0.1) is 0 Å². The van der Waals surface area contributed by atoms with Crippen LogP contribution in [0.2, 0.25) is 0 Å². The van der Waals surface area contributed by atoms with Crippen LogP contribution in [-0.4, -0.2) is 54.2 Å². The van der Waals surface area contributed by atoms with Gasteiger partial charge in [-0.2, -0.15) is 0 Å². The van der Waals surface area contributed by atoms with Gasteiger partial charge in [-0.05, 0) is 13.3 Å². The van der Waals surface area contributed by atoms with Crippen molar-refractivity contribution >= 4 is 18.0 Å². The molecule has 7 nitrogen and oxygen atoms in total. The van der Waals surface area contributed by atoms with Crippen molar-refractivity contribution in [3.8, 4) is 0 Å². The van der Waals surface area contributed by atoms with Crippen molar-refractivity contribution in [1.82, 2.24) is 10.2 Å². The number of amides is 2. The van der Waals surface area contributed by atoms with Crippen molar-refractivity contribution in [1.29, 1.82) is 0 Å². The molecule has 2 N–H and O–H groups in total. The summed E-state index contributed by atoms with van der Waals surface area (Å²) in [6.45, 7) is 3.61. The van der Waals surface area contributed by atoms with E-state index >= 15 is 0 Å². The molecule has 0 spiro atoms. The number of likely N-dealkylation sites (N-methyl/N-ethyl adjacent to an activating group) is 1. The molecule has 0 aromatic carbocycles. The lowest BCUT2D eigenvalue weighted by Gasteiger charge is -2.22. The van der Waals surface area contributed by atoms with Gasteiger partial charge >= 0.3 is 18.0 Å². The molecule has 0 radical (unpaired) electrons. The summed E-state index contributed by atoms with van der Waals surface area (Å²) >= 11 is 0. The third-order valence-corrected chi connectivity index (χ3v) is 2.39. The Morgan fingerprint density at radius 3 is 2.33 bits per heavy atom. The number of rotatable bonds is 7. The van der Waals surface area contributed by atoms with Crippen LogP contribution in [0.15, 0.2) is 0 Å². The number of carbonyl (C=O) groups is 3. The summed E-state index contributed by atoms with van der Waals surface area (Å²) in [4.78, 5) is 34.9. The minimum absolute atomic E-state index is 0.197. The van der Waals surface area contributed by atoms with Gasteiger partial charge in [0.25, 0.3) is 0 Å². The molecule has 0 aliphatic heterocycles. The van der Waals surface area contributed by atoms with E-state index in [-0.39, 0.29) is 6.54 Å². The molecule has 7 heteroatoms. The van der Waals surface area contributed by atoms with Gasteiger partial charge < -0.3 is 20.1 Å². The Morgan fingerprint density at radius 1 is 1.33 bits per heavy atom. The molecule has 0 unspecified atom stereocenters. The highest BCUT2D eigenvalue weighted by Crippen LogP contribution is 1.99. The molecule has 1 atom stereocenters. The Bertz CT molecular complexity index is 306. The number of carboxylic acid groups (broad SMARTS) is 1. The highest BCUT2D eigenvalue weighted by molar-refractivity contribution is 5.85. The van der Waals surface area contributed by atoms with Gasteiger partial charge in [-0.25, -0.2) is 9.59 Å². The van der Waals surface area contributed by atoms with Crippen molar-refractivity contribution in [2.75, 3.05) is 20.2 Å². The molecule has 0 fully saturated rings. The molecule has 0 rings (SSSR count). The number of urea groups is 1. The van der Waals surface area contributed by atoms with E-state index < -0.39 is 24.0 Å². The zero-order valence-electron chi connectivity index (χ0n) is 10.9. The van der Waals surface area contributed by atoms with E-state index in [9.17, 15) is 14.4 Å². The van der Waals surface area contributed by atoms with Gasteiger partial charge in [0.15, 0.2) is 0 Å². The summed E-state index contributed by atoms with van der Waals surface area (Å²) < 4.78 is 4.46. The molecule has 104 valence electrons. The molecule has 18 heavy (non-hydrogen) atoms. The second kappa shape index (κ2) is 8.32. The highest BCUT2D eigenvalue weighted by atomic mass is 16.5. The van der Waals surface area contributed by atoms with Crippen LogP contribution in [0.25, 0.3) is 0 Å². The number of hydrogen-bond acceptors (Lipinski definition) is 4. The number of nitrogens with one attached hydrogen (secondary N) is 1. The van der Waals surface area contributed by atoms with E-state index in [2.05, 4.69) is 10.1 Å². The van der Waals surface area contributed by atoms with Gasteiger partial charge in [0.1, 0.15) is 12.6 Å². The number of carbonyl (C=O) groups excluding carboxylic acids is 2. The molecule has 0 aliphatic carbocycles. The smallest absolute Gasteiger partial charge is 0.326 e. The molecule has 0 aromatic rings. The highest BCUT2D eigenvalue weighted by Gasteiger charge is 2.23. The van der Waals surface area contributed by atoms with E-state index in [4.69, 9.17) is 5.11 Å². The topological polar surface area (TPSA) is 95.9 Å². The van der Waals surface area contributed by atoms with E-state index in [1.807, 2.05) is 6.92 Å². The number of methoxy groups -OCH3 is 1. The summed E-state index contributed by atoms with van der Waals surface area (Å²) in [7, 11) is 1.23. The van der Waals surface area contributed by atoms with Gasteiger partial charge in [0.2, 0.25) is 0 Å². The Balaban J connectivity index is 4.49. The minimum atomic E-state index is -1.08. The lowest BCUT2D eigenvalue weighted by Crippen LogP contribution is -2.49. The number of nitrogens with zero attached hydrogens (tertiary/aromatic N) is 1. The predicted molar refractivity (Wildman–Crippen MR) is 64.1 cm³/mol. The molecule has 0 aromatic heterocycles. The number of carboxylic acids is 1. The van der Waals surface area contributed by atoms with Crippen LogP contribution in [0.3, 0.4) is 0 Å². The Morgan fingerprint density at radius 2 is 1.94 bits per heavy atom. The van der Waals surface area contributed by atoms with Gasteiger partial charge in [-0.15, -0.1) is 0 Å². The molecule has 0 saturated heterocycles. The van der Waals surface area contributed by atoms with Gasteiger partial charge in [0.05, 0.1) is 7.11 Å². The van der Waals surface area contributed by atoms with E-state index in [0.29, 0.717) is 19.4 Å². The maximum atomic E-state index is 11.8. The Labute approximate surface area is 106 Å². The van der Waals surface area contributed by atoms with E-state index in [1.54, 1.807) is 6.92 Å². The fourth-order valence-electron chi connectivity index (χ4n) is 1.33. The summed E-state index contributed by atoms with van der Waals surface area (Å²) in [5.41, 5.74) is 0. The fraction of sp³-hybridized carbons (Fsp3) is 0.727. The maximum Gasteiger partial charge on any atom is 0.326 e. The average Bonchev–Trinajstić information content (AvgIpc) is 2.34. The lowest BCUT2D eigenvalue weighted by molar-refractivity contribution is -0.141. The first-order chi connectivity index (χ1) is 8.46. The lowest BCUT2D eigenvalue weighted by atomic mass is 10.2. The Kier molecular flexibility index (Phi) is 7.50. The van der Waals surface area contributed by atoms with Crippen molar-refractivity contribution in [3.05, 3.63) is 0 Å². The second-order valence-corrected chi connectivity index (χ2v) is 3.72. The quantitative estimate of drug-likeness (QED) is 0.648. The molecule has 0 saturated carbocycles. The molecule has 0 bridgehead atoms. The SMILES string of the molecule is CCC[C@@H](NC(=O)N(CC)CC(=O)OC)C(=O)O. The maximum absolute atomic E-state index is 11.8. The first-order valence-corrected chi connectivity index (χ1v) is 5.81. The predicted octanol–water partition coefficient (Wildman–Crippen LogP) is 0.444. The third-order valence-electron chi connectivity index (χ3n) is 2.39. The zero-order chi connectivity index (χ0) is 14.1. The van der Waals surface area contributed by atoms with Crippen LogP contribution in [0.1, 0.15) is 26.7 Å². The molecule has 0 heterocycles. The Hall–Kier alpha value is -1.79. The molecule has 2 amide bonds. The number of hydrogen-bond donors (Lipinski definition) is 2. The van der Waals surface area contributed by atoms with E-state index in [0.717, 1.165) is 0 Å². The van der Waals surface area contributed by atoms with Crippen molar-refractivity contribution in [2.45, 2.75) is 32.7 Å². The number of ether oxygens (including phenoxy) is 1. The average molecular weight is 260 g/mol. The normalized spacial score (nSPS) is 11.5. The molecular formula is C11H20N2O5. The van der Waals surface area contributed by atoms with Crippen LogP contribution in [0.4, 0.5) is 4.79 Å². The van der Waals surface area contributed by atoms with Crippen LogP contribution in [-0.2, 0) is 14.3 Å². The van der Waals surface area contributed by atoms with Crippen LogP contribution in [0.5, 0.6) is 0 Å².